The summed E-state index contributed by atoms with van der Waals surface area (Å²) in [4.78, 5) is 4.18. The summed E-state index contributed by atoms with van der Waals surface area (Å²) < 4.78 is 5.52. The minimum absolute atomic E-state index is 0.403. The van der Waals surface area contributed by atoms with E-state index in [2.05, 4.69) is 30.2 Å². The lowest BCUT2D eigenvalue weighted by molar-refractivity contribution is 0.228. The number of nitrogens with zero attached hydrogens (tertiary/aromatic N) is 1. The molecule has 2 rings (SSSR count). The van der Waals surface area contributed by atoms with Gasteiger partial charge < -0.3 is 10.1 Å². The van der Waals surface area contributed by atoms with Crippen LogP contribution in [0.25, 0.3) is 0 Å². The molecular weight excluding hydrogens is 248 g/mol. The Morgan fingerprint density at radius 2 is 2.10 bits per heavy atom. The van der Waals surface area contributed by atoms with Crippen molar-refractivity contribution in [3.05, 3.63) is 24.0 Å². The van der Waals surface area contributed by atoms with Crippen LogP contribution in [0.15, 0.2) is 18.5 Å². The average Bonchev–Trinajstić information content (AvgIpc) is 2.50. The van der Waals surface area contributed by atoms with E-state index >= 15 is 0 Å². The number of pyridine rings is 1. The van der Waals surface area contributed by atoms with Crippen LogP contribution in [-0.2, 0) is 0 Å². The summed E-state index contributed by atoms with van der Waals surface area (Å²) in [6.07, 6.45) is 10.2. The molecule has 1 N–H and O–H groups in total. The van der Waals surface area contributed by atoms with Crippen LogP contribution in [0.4, 0.5) is 0 Å². The third-order valence-corrected chi connectivity index (χ3v) is 4.52. The number of nitrogens with one attached hydrogen (secondary N) is 1. The van der Waals surface area contributed by atoms with Gasteiger partial charge in [0.2, 0.25) is 0 Å². The molecule has 1 fully saturated rings. The van der Waals surface area contributed by atoms with Gasteiger partial charge in [0.25, 0.3) is 0 Å². The molecule has 3 nitrogen and oxygen atoms in total. The lowest BCUT2D eigenvalue weighted by Crippen LogP contribution is -2.31. The Morgan fingerprint density at radius 1 is 1.35 bits per heavy atom. The van der Waals surface area contributed by atoms with Gasteiger partial charge in [-0.2, -0.15) is 0 Å². The second kappa shape index (κ2) is 7.63. The summed E-state index contributed by atoms with van der Waals surface area (Å²) in [6.45, 7) is 5.65. The van der Waals surface area contributed by atoms with Crippen LogP contribution in [0.3, 0.4) is 0 Å². The van der Waals surface area contributed by atoms with Crippen LogP contribution >= 0.6 is 0 Å². The number of methoxy groups -OCH3 is 1. The summed E-state index contributed by atoms with van der Waals surface area (Å²) in [7, 11) is 1.74. The zero-order valence-corrected chi connectivity index (χ0v) is 13.1. The standard InChI is InChI=1S/C17H28N2O/c1-4-10-19-17(14-7-5-13(2)6-8-14)15-9-11-18-12-16(15)20-3/h9,11-14,17,19H,4-8,10H2,1-3H3. The van der Waals surface area contributed by atoms with Gasteiger partial charge in [-0.25, -0.2) is 0 Å². The van der Waals surface area contributed by atoms with E-state index in [9.17, 15) is 0 Å². The minimum atomic E-state index is 0.403. The van der Waals surface area contributed by atoms with Gasteiger partial charge in [-0.05, 0) is 43.7 Å². The number of aromatic nitrogens is 1. The molecule has 0 bridgehead atoms. The molecule has 1 aliphatic rings. The van der Waals surface area contributed by atoms with Crippen LogP contribution in [0.1, 0.15) is 57.6 Å². The molecule has 0 saturated heterocycles. The fourth-order valence-corrected chi connectivity index (χ4v) is 3.27. The van der Waals surface area contributed by atoms with E-state index in [1.165, 1.54) is 31.2 Å². The Morgan fingerprint density at radius 3 is 2.75 bits per heavy atom. The van der Waals surface area contributed by atoms with E-state index in [4.69, 9.17) is 4.74 Å². The van der Waals surface area contributed by atoms with Crippen molar-refractivity contribution in [3.63, 3.8) is 0 Å². The van der Waals surface area contributed by atoms with Crippen molar-refractivity contribution in [3.8, 4) is 5.75 Å². The van der Waals surface area contributed by atoms with Crippen LogP contribution in [0.5, 0.6) is 5.75 Å². The Hall–Kier alpha value is -1.09. The van der Waals surface area contributed by atoms with Gasteiger partial charge in [-0.3, -0.25) is 4.98 Å². The minimum Gasteiger partial charge on any atom is -0.495 e. The molecule has 1 atom stereocenters. The van der Waals surface area contributed by atoms with E-state index in [1.807, 2.05) is 12.4 Å². The first-order valence-electron chi connectivity index (χ1n) is 7.97. The van der Waals surface area contributed by atoms with Gasteiger partial charge >= 0.3 is 0 Å². The summed E-state index contributed by atoms with van der Waals surface area (Å²) in [5.74, 6) is 2.52. The summed E-state index contributed by atoms with van der Waals surface area (Å²) in [6, 6.07) is 2.52. The first-order chi connectivity index (χ1) is 9.76. The van der Waals surface area contributed by atoms with Gasteiger partial charge in [-0.1, -0.05) is 26.7 Å². The molecule has 0 aliphatic heterocycles. The predicted molar refractivity (Wildman–Crippen MR) is 82.9 cm³/mol. The molecule has 20 heavy (non-hydrogen) atoms. The Balaban J connectivity index is 2.18. The average molecular weight is 276 g/mol. The number of ether oxygens (including phenoxy) is 1. The number of rotatable bonds is 6. The van der Waals surface area contributed by atoms with E-state index in [0.717, 1.165) is 24.6 Å². The second-order valence-electron chi connectivity index (χ2n) is 6.07. The SMILES string of the molecule is CCCNC(c1ccncc1OC)C1CCC(C)CC1. The van der Waals surface area contributed by atoms with Crippen molar-refractivity contribution in [1.82, 2.24) is 10.3 Å². The predicted octanol–water partition coefficient (Wildman–Crippen LogP) is 3.96. The monoisotopic (exact) mass is 276 g/mol. The topological polar surface area (TPSA) is 34.2 Å². The van der Waals surface area contributed by atoms with Crippen LogP contribution < -0.4 is 10.1 Å². The highest BCUT2D eigenvalue weighted by Crippen LogP contribution is 2.39. The van der Waals surface area contributed by atoms with Crippen molar-refractivity contribution < 1.29 is 4.74 Å². The maximum absolute atomic E-state index is 5.52. The third-order valence-electron chi connectivity index (χ3n) is 4.52. The van der Waals surface area contributed by atoms with Crippen molar-refractivity contribution in [2.75, 3.05) is 13.7 Å². The van der Waals surface area contributed by atoms with Crippen molar-refractivity contribution in [2.24, 2.45) is 11.8 Å². The second-order valence-corrected chi connectivity index (χ2v) is 6.07. The highest BCUT2D eigenvalue weighted by molar-refractivity contribution is 5.33. The van der Waals surface area contributed by atoms with Gasteiger partial charge in [-0.15, -0.1) is 0 Å². The molecule has 1 heterocycles. The first kappa shape index (κ1) is 15.3. The molecule has 0 spiro atoms. The van der Waals surface area contributed by atoms with Crippen molar-refractivity contribution >= 4 is 0 Å². The van der Waals surface area contributed by atoms with E-state index < -0.39 is 0 Å². The molecule has 0 radical (unpaired) electrons. The van der Waals surface area contributed by atoms with E-state index in [-0.39, 0.29) is 0 Å². The summed E-state index contributed by atoms with van der Waals surface area (Å²) >= 11 is 0. The highest BCUT2D eigenvalue weighted by Gasteiger charge is 2.28. The molecule has 1 aliphatic carbocycles. The molecule has 1 saturated carbocycles. The zero-order chi connectivity index (χ0) is 14.4. The quantitative estimate of drug-likeness (QED) is 0.854. The van der Waals surface area contributed by atoms with Crippen molar-refractivity contribution in [2.45, 2.75) is 52.0 Å². The van der Waals surface area contributed by atoms with Gasteiger partial charge in [0.05, 0.1) is 13.3 Å². The lowest BCUT2D eigenvalue weighted by Gasteiger charge is -2.34. The fourth-order valence-electron chi connectivity index (χ4n) is 3.27. The smallest absolute Gasteiger partial charge is 0.141 e. The largest absolute Gasteiger partial charge is 0.495 e. The molecular formula is C17H28N2O. The van der Waals surface area contributed by atoms with E-state index in [0.29, 0.717) is 12.0 Å². The molecule has 3 heteroatoms. The lowest BCUT2D eigenvalue weighted by atomic mass is 9.77. The van der Waals surface area contributed by atoms with Gasteiger partial charge in [0, 0.05) is 17.8 Å². The summed E-state index contributed by atoms with van der Waals surface area (Å²) in [5.41, 5.74) is 1.27. The molecule has 1 aromatic heterocycles. The Bertz CT molecular complexity index is 400. The van der Waals surface area contributed by atoms with Gasteiger partial charge in [0.1, 0.15) is 5.75 Å². The highest BCUT2D eigenvalue weighted by atomic mass is 16.5. The number of hydrogen-bond donors (Lipinski definition) is 1. The Labute approximate surface area is 123 Å². The molecule has 112 valence electrons. The summed E-state index contributed by atoms with van der Waals surface area (Å²) in [5, 5.41) is 3.74. The normalized spacial score (nSPS) is 24.4. The first-order valence-corrected chi connectivity index (χ1v) is 7.97. The van der Waals surface area contributed by atoms with Crippen molar-refractivity contribution in [1.29, 1.82) is 0 Å². The maximum atomic E-state index is 5.52. The zero-order valence-electron chi connectivity index (χ0n) is 13.1. The fraction of sp³-hybridized carbons (Fsp3) is 0.706. The van der Waals surface area contributed by atoms with Crippen LogP contribution in [0.2, 0.25) is 0 Å². The van der Waals surface area contributed by atoms with Gasteiger partial charge in [0.15, 0.2) is 0 Å². The molecule has 0 aromatic carbocycles. The van der Waals surface area contributed by atoms with Crippen LogP contribution in [0, 0.1) is 11.8 Å². The number of hydrogen-bond acceptors (Lipinski definition) is 3. The third kappa shape index (κ3) is 3.72. The molecule has 1 unspecified atom stereocenters. The van der Waals surface area contributed by atoms with Crippen LogP contribution in [-0.4, -0.2) is 18.6 Å². The molecule has 1 aromatic rings. The maximum Gasteiger partial charge on any atom is 0.141 e. The Kier molecular flexibility index (Phi) is 5.84. The van der Waals surface area contributed by atoms with E-state index in [1.54, 1.807) is 7.11 Å². The molecule has 0 amide bonds.